The van der Waals surface area contributed by atoms with Gasteiger partial charge >= 0.3 is 0 Å². The molecule has 0 heterocycles. The minimum atomic E-state index is -0.676. The monoisotopic (exact) mass is 354 g/mol. The van der Waals surface area contributed by atoms with E-state index >= 15 is 0 Å². The summed E-state index contributed by atoms with van der Waals surface area (Å²) in [6.07, 6.45) is 0. The number of carbonyl (C=O) groups excluding carboxylic acids is 2. The molecule has 0 spiro atoms. The normalized spacial score (nSPS) is 12.3. The summed E-state index contributed by atoms with van der Waals surface area (Å²) in [6, 6.07) is 14.3. The second kappa shape index (κ2) is 8.15. The molecule has 2 amide bonds. The predicted molar refractivity (Wildman–Crippen MR) is 102 cm³/mol. The highest BCUT2D eigenvalue weighted by Gasteiger charge is 2.20. The van der Waals surface area contributed by atoms with E-state index < -0.39 is 5.54 Å². The molecule has 0 bridgehead atoms. The van der Waals surface area contributed by atoms with Gasteiger partial charge in [0, 0.05) is 11.1 Å². The summed E-state index contributed by atoms with van der Waals surface area (Å²) in [7, 11) is 0. The highest BCUT2D eigenvalue weighted by Crippen LogP contribution is 2.15. The van der Waals surface area contributed by atoms with Crippen molar-refractivity contribution in [2.75, 3.05) is 6.61 Å². The molecule has 0 aliphatic heterocycles. The number of aliphatic hydroxyl groups excluding tert-OH is 1. The Morgan fingerprint density at radius 3 is 2.27 bits per heavy atom. The number of amides is 2. The van der Waals surface area contributed by atoms with Crippen molar-refractivity contribution in [1.82, 2.24) is 10.6 Å². The number of aryl methyl sites for hydroxylation is 1. The smallest absolute Gasteiger partial charge is 0.251 e. The maximum Gasteiger partial charge on any atom is 0.251 e. The predicted octanol–water partition coefficient (Wildman–Crippen LogP) is 2.99. The zero-order valence-corrected chi connectivity index (χ0v) is 15.7. The van der Waals surface area contributed by atoms with E-state index in [1.54, 1.807) is 32.0 Å². The molecule has 1 atom stereocenters. The maximum absolute atomic E-state index is 12.3. The van der Waals surface area contributed by atoms with Crippen LogP contribution in [-0.2, 0) is 0 Å². The molecule has 0 aromatic heterocycles. The quantitative estimate of drug-likeness (QED) is 0.746. The Hall–Kier alpha value is -2.66. The first-order valence-electron chi connectivity index (χ1n) is 8.63. The Morgan fingerprint density at radius 2 is 1.69 bits per heavy atom. The molecule has 0 aliphatic carbocycles. The Morgan fingerprint density at radius 1 is 1.04 bits per heavy atom. The summed E-state index contributed by atoms with van der Waals surface area (Å²) in [5.41, 5.74) is 2.40. The van der Waals surface area contributed by atoms with Crippen molar-refractivity contribution in [3.05, 3.63) is 70.8 Å². The molecule has 26 heavy (non-hydrogen) atoms. The van der Waals surface area contributed by atoms with Crippen LogP contribution in [-0.4, -0.2) is 29.1 Å². The zero-order valence-electron chi connectivity index (χ0n) is 15.7. The van der Waals surface area contributed by atoms with E-state index in [4.69, 9.17) is 0 Å². The molecule has 0 fully saturated rings. The van der Waals surface area contributed by atoms with Crippen molar-refractivity contribution < 1.29 is 14.7 Å². The largest absolute Gasteiger partial charge is 0.394 e. The molecule has 0 saturated heterocycles. The lowest BCUT2D eigenvalue weighted by molar-refractivity contribution is 0.0868. The molecular formula is C21H26N2O3. The van der Waals surface area contributed by atoms with Crippen LogP contribution in [0.5, 0.6) is 0 Å². The van der Waals surface area contributed by atoms with Gasteiger partial charge in [-0.1, -0.05) is 29.8 Å². The fourth-order valence-corrected chi connectivity index (χ4v) is 2.49. The van der Waals surface area contributed by atoms with Gasteiger partial charge in [-0.25, -0.2) is 0 Å². The number of hydrogen-bond acceptors (Lipinski definition) is 3. The van der Waals surface area contributed by atoms with Gasteiger partial charge in [0.1, 0.15) is 0 Å². The fourth-order valence-electron chi connectivity index (χ4n) is 2.49. The third-order valence-corrected chi connectivity index (χ3v) is 4.15. The number of rotatable bonds is 6. The van der Waals surface area contributed by atoms with E-state index in [9.17, 15) is 14.7 Å². The van der Waals surface area contributed by atoms with Crippen LogP contribution >= 0.6 is 0 Å². The average molecular weight is 354 g/mol. The van der Waals surface area contributed by atoms with Gasteiger partial charge < -0.3 is 15.7 Å². The number of nitrogens with one attached hydrogen (secondary N) is 2. The van der Waals surface area contributed by atoms with Crippen LogP contribution in [0.25, 0.3) is 0 Å². The third-order valence-electron chi connectivity index (χ3n) is 4.15. The van der Waals surface area contributed by atoms with Gasteiger partial charge in [0.2, 0.25) is 0 Å². The van der Waals surface area contributed by atoms with Crippen molar-refractivity contribution in [2.24, 2.45) is 0 Å². The summed E-state index contributed by atoms with van der Waals surface area (Å²) in [6.45, 7) is 7.21. The van der Waals surface area contributed by atoms with Crippen LogP contribution in [0.4, 0.5) is 0 Å². The van der Waals surface area contributed by atoms with E-state index in [1.807, 2.05) is 44.2 Å². The minimum Gasteiger partial charge on any atom is -0.394 e. The Balaban J connectivity index is 2.03. The summed E-state index contributed by atoms with van der Waals surface area (Å²) in [4.78, 5) is 24.5. The van der Waals surface area contributed by atoms with Crippen molar-refractivity contribution in [3.63, 3.8) is 0 Å². The van der Waals surface area contributed by atoms with Gasteiger partial charge in [-0.15, -0.1) is 0 Å². The summed E-state index contributed by atoms with van der Waals surface area (Å²) >= 11 is 0. The van der Waals surface area contributed by atoms with Gasteiger partial charge in [-0.2, -0.15) is 0 Å². The fraction of sp³-hybridized carbons (Fsp3) is 0.333. The Bertz CT molecular complexity index is 782. The number of aliphatic hydroxyl groups is 1. The second-order valence-electron chi connectivity index (χ2n) is 7.18. The standard InChI is InChI=1S/C21H26N2O3/c1-14-6-5-7-18(12-14)19(25)22-15(2)16-8-10-17(11-9-16)20(26)23-21(3,4)13-24/h5-12,15,24H,13H2,1-4H3,(H,22,25)(H,23,26)/t15-/m0/s1. The molecule has 2 aromatic rings. The first kappa shape index (κ1) is 19.7. The van der Waals surface area contributed by atoms with Gasteiger partial charge in [0.05, 0.1) is 18.2 Å². The Labute approximate surface area is 154 Å². The highest BCUT2D eigenvalue weighted by molar-refractivity contribution is 5.95. The molecule has 0 aliphatic rings. The second-order valence-corrected chi connectivity index (χ2v) is 7.18. The zero-order chi connectivity index (χ0) is 19.3. The molecule has 0 radical (unpaired) electrons. The lowest BCUT2D eigenvalue weighted by atomic mass is 10.0. The van der Waals surface area contributed by atoms with Crippen molar-refractivity contribution in [3.8, 4) is 0 Å². The van der Waals surface area contributed by atoms with Crippen LogP contribution in [0.2, 0.25) is 0 Å². The summed E-state index contributed by atoms with van der Waals surface area (Å²) in [5, 5.41) is 15.0. The van der Waals surface area contributed by atoms with E-state index in [0.717, 1.165) is 11.1 Å². The summed E-state index contributed by atoms with van der Waals surface area (Å²) < 4.78 is 0. The SMILES string of the molecule is Cc1cccc(C(=O)N[C@@H](C)c2ccc(C(=O)NC(C)(C)CO)cc2)c1. The van der Waals surface area contributed by atoms with Gasteiger partial charge in [-0.3, -0.25) is 9.59 Å². The molecule has 3 N–H and O–H groups in total. The number of hydrogen-bond donors (Lipinski definition) is 3. The molecule has 5 heteroatoms. The van der Waals surface area contributed by atoms with E-state index in [0.29, 0.717) is 11.1 Å². The van der Waals surface area contributed by atoms with Crippen molar-refractivity contribution >= 4 is 11.8 Å². The van der Waals surface area contributed by atoms with Crippen LogP contribution in [0.15, 0.2) is 48.5 Å². The van der Waals surface area contributed by atoms with E-state index in [-0.39, 0.29) is 24.5 Å². The average Bonchev–Trinajstić information content (AvgIpc) is 2.61. The Kier molecular flexibility index (Phi) is 6.16. The molecule has 5 nitrogen and oxygen atoms in total. The third kappa shape index (κ3) is 5.17. The van der Waals surface area contributed by atoms with Crippen molar-refractivity contribution in [1.29, 1.82) is 0 Å². The first-order chi connectivity index (χ1) is 12.2. The lowest BCUT2D eigenvalue weighted by Crippen LogP contribution is -2.46. The van der Waals surface area contributed by atoms with Crippen LogP contribution in [0, 0.1) is 6.92 Å². The molecule has 2 rings (SSSR count). The van der Waals surface area contributed by atoms with Crippen molar-refractivity contribution in [2.45, 2.75) is 39.3 Å². The van der Waals surface area contributed by atoms with Gasteiger partial charge in [0.15, 0.2) is 0 Å². The van der Waals surface area contributed by atoms with Gasteiger partial charge in [-0.05, 0) is 57.5 Å². The molecule has 0 unspecified atom stereocenters. The lowest BCUT2D eigenvalue weighted by Gasteiger charge is -2.23. The van der Waals surface area contributed by atoms with E-state index in [2.05, 4.69) is 10.6 Å². The van der Waals surface area contributed by atoms with Crippen LogP contribution in [0.3, 0.4) is 0 Å². The van der Waals surface area contributed by atoms with E-state index in [1.165, 1.54) is 0 Å². The highest BCUT2D eigenvalue weighted by atomic mass is 16.3. The van der Waals surface area contributed by atoms with Gasteiger partial charge in [0.25, 0.3) is 11.8 Å². The van der Waals surface area contributed by atoms with Crippen LogP contribution < -0.4 is 10.6 Å². The molecule has 2 aromatic carbocycles. The molecule has 0 saturated carbocycles. The topological polar surface area (TPSA) is 78.4 Å². The summed E-state index contributed by atoms with van der Waals surface area (Å²) in [5.74, 6) is -0.375. The molecular weight excluding hydrogens is 328 g/mol. The number of carbonyl (C=O) groups is 2. The maximum atomic E-state index is 12.3. The first-order valence-corrected chi connectivity index (χ1v) is 8.63. The van der Waals surface area contributed by atoms with Crippen LogP contribution in [0.1, 0.15) is 58.7 Å². The minimum absolute atomic E-state index is 0.132. The number of benzene rings is 2. The molecule has 138 valence electrons.